The molecule has 0 saturated heterocycles. The highest BCUT2D eigenvalue weighted by molar-refractivity contribution is 7.00. The maximum Gasteiger partial charge on any atom is 0.342 e. The van der Waals surface area contributed by atoms with E-state index in [9.17, 15) is 19.5 Å². The fourth-order valence-corrected chi connectivity index (χ4v) is 9.30. The SMILES string of the molecule is CCOC(=O)C(CC(=O)c1ccc(OC)cc1)c1ccc2nsnc2c1.COc1ccc(C2(O)OC(=O)C(c3ccc4nsnc4c3)=C2Cc2cc(OC)c(OC)c(OC3CCCC3)c2)cc1. The number of fused-ring (bicyclic) bond motifs is 2. The fraction of sp³-hybridized carbons (Fsp3) is 0.300. The summed E-state index contributed by atoms with van der Waals surface area (Å²) >= 11 is 2.21. The van der Waals surface area contributed by atoms with Crippen molar-refractivity contribution in [3.63, 3.8) is 0 Å². The number of rotatable bonds is 16. The van der Waals surface area contributed by atoms with Crippen LogP contribution >= 0.6 is 23.5 Å². The van der Waals surface area contributed by atoms with E-state index in [1.54, 1.807) is 120 Å². The number of methoxy groups -OCH3 is 4. The largest absolute Gasteiger partial charge is 0.497 e. The highest BCUT2D eigenvalue weighted by Crippen LogP contribution is 2.47. The Balaban J connectivity index is 0.000000202. The minimum Gasteiger partial charge on any atom is -0.497 e. The number of Topliss-reactive ketones (excluding diaryl/α,β-unsaturated/α-hetero) is 1. The Kier molecular flexibility index (Phi) is 14.4. The summed E-state index contributed by atoms with van der Waals surface area (Å²) in [4.78, 5) is 38.6. The van der Waals surface area contributed by atoms with Gasteiger partial charge in [-0.15, -0.1) is 0 Å². The topological polar surface area (TPSA) is 188 Å². The number of hydrogen-bond donors (Lipinski definition) is 1. The van der Waals surface area contributed by atoms with Gasteiger partial charge in [-0.2, -0.15) is 17.5 Å². The van der Waals surface area contributed by atoms with Gasteiger partial charge in [-0.1, -0.05) is 12.1 Å². The summed E-state index contributed by atoms with van der Waals surface area (Å²) in [6.07, 6.45) is 4.45. The Bertz CT molecular complexity index is 2930. The molecule has 9 rings (SSSR count). The molecule has 2 aliphatic rings. The van der Waals surface area contributed by atoms with Crippen molar-refractivity contribution in [2.45, 2.75) is 63.3 Å². The lowest BCUT2D eigenvalue weighted by Crippen LogP contribution is -2.29. The number of ether oxygens (including phenoxy) is 7. The molecule has 2 aromatic heterocycles. The van der Waals surface area contributed by atoms with Crippen LogP contribution in [0.1, 0.15) is 77.6 Å². The van der Waals surface area contributed by atoms with Crippen LogP contribution in [-0.2, 0) is 31.3 Å². The van der Waals surface area contributed by atoms with Crippen LogP contribution in [0.4, 0.5) is 0 Å². The standard InChI is InChI=1S/C31H30N2O7S.C19H18N2O4S/c1-36-21-11-9-20(10-12-21)31(35)23(28(30(34)40-31)19-8-13-24-25(17-19)33-41-32-24)14-18-15-26(37-2)29(38-3)27(16-18)39-22-6-4-5-7-22;1-3-25-19(23)15(13-6-9-16-17(10-13)21-26-20-16)11-18(22)12-4-7-14(24-2)8-5-12/h8-13,15-17,22,35H,4-7,14H2,1-3H3;4-10,15H,3,11H2,1-2H3. The summed E-state index contributed by atoms with van der Waals surface area (Å²) in [5, 5.41) is 12.1. The van der Waals surface area contributed by atoms with Gasteiger partial charge in [0.2, 0.25) is 5.75 Å². The van der Waals surface area contributed by atoms with Crippen LogP contribution in [0.3, 0.4) is 0 Å². The first-order valence-corrected chi connectivity index (χ1v) is 23.1. The van der Waals surface area contributed by atoms with E-state index in [1.807, 2.05) is 12.1 Å². The van der Waals surface area contributed by atoms with E-state index in [4.69, 9.17) is 33.2 Å². The fourth-order valence-electron chi connectivity index (χ4n) is 8.27. The van der Waals surface area contributed by atoms with Gasteiger partial charge in [0.15, 0.2) is 17.3 Å². The average molecular weight is 945 g/mol. The van der Waals surface area contributed by atoms with E-state index in [-0.39, 0.29) is 36.9 Å². The van der Waals surface area contributed by atoms with Gasteiger partial charge >= 0.3 is 11.9 Å². The highest BCUT2D eigenvalue weighted by Gasteiger charge is 2.48. The lowest BCUT2D eigenvalue weighted by molar-refractivity contribution is -0.185. The smallest absolute Gasteiger partial charge is 0.342 e. The maximum atomic E-state index is 13.5. The molecule has 0 spiro atoms. The molecule has 1 aliphatic carbocycles. The molecule has 5 aromatic carbocycles. The third kappa shape index (κ3) is 10.1. The Hall–Kier alpha value is -6.95. The van der Waals surface area contributed by atoms with E-state index in [2.05, 4.69) is 17.5 Å². The van der Waals surface area contributed by atoms with Gasteiger partial charge in [0, 0.05) is 29.5 Å². The molecular formula is C50H48N4O11S2. The molecule has 1 N–H and O–H groups in total. The number of benzene rings is 5. The first-order valence-electron chi connectivity index (χ1n) is 21.6. The zero-order chi connectivity index (χ0) is 47.1. The third-order valence-corrected chi connectivity index (χ3v) is 12.8. The van der Waals surface area contributed by atoms with Crippen LogP contribution < -0.4 is 23.7 Å². The van der Waals surface area contributed by atoms with E-state index in [0.717, 1.165) is 65.7 Å². The molecular weight excluding hydrogens is 897 g/mol. The second kappa shape index (κ2) is 20.7. The number of nitrogens with zero attached hydrogens (tertiary/aromatic N) is 4. The van der Waals surface area contributed by atoms with Gasteiger partial charge < -0.3 is 38.3 Å². The number of carbonyl (C=O) groups excluding carboxylic acids is 3. The molecule has 17 heteroatoms. The Labute approximate surface area is 394 Å². The lowest BCUT2D eigenvalue weighted by atomic mass is 9.88. The summed E-state index contributed by atoms with van der Waals surface area (Å²) in [6.45, 7) is 2.00. The number of aliphatic hydroxyl groups is 1. The molecule has 0 radical (unpaired) electrons. The average Bonchev–Trinajstić information content (AvgIpc) is 4.19. The van der Waals surface area contributed by atoms with Crippen LogP contribution in [0.15, 0.2) is 103 Å². The monoisotopic (exact) mass is 944 g/mol. The molecule has 0 amide bonds. The minimum atomic E-state index is -2.02. The molecule has 3 heterocycles. The first kappa shape index (κ1) is 46.6. The quantitative estimate of drug-likeness (QED) is 0.0713. The Morgan fingerprint density at radius 2 is 1.36 bits per heavy atom. The van der Waals surface area contributed by atoms with Crippen molar-refractivity contribution in [3.05, 3.63) is 130 Å². The van der Waals surface area contributed by atoms with Gasteiger partial charge in [-0.05, 0) is 134 Å². The van der Waals surface area contributed by atoms with E-state index in [1.165, 1.54) is 0 Å². The molecule has 1 aliphatic heterocycles. The summed E-state index contributed by atoms with van der Waals surface area (Å²) in [6, 6.07) is 28.1. The van der Waals surface area contributed by atoms with Crippen molar-refractivity contribution >= 4 is 68.8 Å². The zero-order valence-corrected chi connectivity index (χ0v) is 39.1. The van der Waals surface area contributed by atoms with Gasteiger partial charge in [0.25, 0.3) is 5.79 Å². The molecule has 1 saturated carbocycles. The number of carbonyl (C=O) groups is 3. The van der Waals surface area contributed by atoms with Crippen LogP contribution in [0.5, 0.6) is 28.7 Å². The second-order valence-corrected chi connectivity index (χ2v) is 16.8. The summed E-state index contributed by atoms with van der Waals surface area (Å²) in [7, 11) is 6.28. The number of aromatic nitrogens is 4. The third-order valence-electron chi connectivity index (χ3n) is 11.7. The van der Waals surface area contributed by atoms with Crippen molar-refractivity contribution in [1.29, 1.82) is 0 Å². The first-order chi connectivity index (χ1) is 32.5. The Morgan fingerprint density at radius 3 is 1.99 bits per heavy atom. The van der Waals surface area contributed by atoms with Gasteiger partial charge in [0.05, 0.1) is 76.1 Å². The summed E-state index contributed by atoms with van der Waals surface area (Å²) in [5.41, 5.74) is 6.47. The van der Waals surface area contributed by atoms with E-state index in [0.29, 0.717) is 67.6 Å². The van der Waals surface area contributed by atoms with Crippen LogP contribution in [-0.4, -0.2) is 81.5 Å². The van der Waals surface area contributed by atoms with Gasteiger partial charge in [-0.3, -0.25) is 9.59 Å². The molecule has 7 aromatic rings. The van der Waals surface area contributed by atoms with Gasteiger partial charge in [-0.25, -0.2) is 4.79 Å². The maximum absolute atomic E-state index is 13.5. The lowest BCUT2D eigenvalue weighted by Gasteiger charge is -2.26. The molecule has 2 atom stereocenters. The zero-order valence-electron chi connectivity index (χ0n) is 37.5. The number of hydrogen-bond acceptors (Lipinski definition) is 17. The molecule has 1 fully saturated rings. The highest BCUT2D eigenvalue weighted by atomic mass is 32.1. The van der Waals surface area contributed by atoms with E-state index >= 15 is 0 Å². The molecule has 346 valence electrons. The number of cyclic esters (lactones) is 1. The second-order valence-electron chi connectivity index (χ2n) is 15.8. The number of ketones is 1. The van der Waals surface area contributed by atoms with Crippen molar-refractivity contribution in [3.8, 4) is 28.7 Å². The number of esters is 2. The predicted octanol–water partition coefficient (Wildman–Crippen LogP) is 9.06. The minimum absolute atomic E-state index is 0.0221. The van der Waals surface area contributed by atoms with Gasteiger partial charge in [0.1, 0.15) is 33.6 Å². The van der Waals surface area contributed by atoms with Crippen molar-refractivity contribution in [2.24, 2.45) is 0 Å². The molecule has 67 heavy (non-hydrogen) atoms. The van der Waals surface area contributed by atoms with Crippen molar-refractivity contribution < 1.29 is 52.6 Å². The molecule has 15 nitrogen and oxygen atoms in total. The van der Waals surface area contributed by atoms with Crippen LogP contribution in [0.25, 0.3) is 27.6 Å². The predicted molar refractivity (Wildman–Crippen MR) is 252 cm³/mol. The van der Waals surface area contributed by atoms with Crippen molar-refractivity contribution in [2.75, 3.05) is 35.0 Å². The van der Waals surface area contributed by atoms with Crippen molar-refractivity contribution in [1.82, 2.24) is 17.5 Å². The van der Waals surface area contributed by atoms with Crippen LogP contribution in [0.2, 0.25) is 0 Å². The Morgan fingerprint density at radius 1 is 0.746 bits per heavy atom. The summed E-state index contributed by atoms with van der Waals surface area (Å²) < 4.78 is 56.0. The van der Waals surface area contributed by atoms with Crippen LogP contribution in [0, 0.1) is 0 Å². The normalized spacial score (nSPS) is 16.3. The molecule has 2 unspecified atom stereocenters. The molecule has 0 bridgehead atoms. The van der Waals surface area contributed by atoms with E-state index < -0.39 is 23.6 Å². The summed E-state index contributed by atoms with van der Waals surface area (Å²) in [5.74, 6) is -1.06.